The van der Waals surface area contributed by atoms with E-state index in [2.05, 4.69) is 10.3 Å². The van der Waals surface area contributed by atoms with Crippen molar-refractivity contribution in [1.29, 1.82) is 0 Å². The molecule has 4 nitrogen and oxygen atoms in total. The molecule has 88 valence electrons. The molecule has 0 atom stereocenters. The Bertz CT molecular complexity index is 584. The van der Waals surface area contributed by atoms with Crippen molar-refractivity contribution in [2.45, 2.75) is 0 Å². The highest BCUT2D eigenvalue weighted by Gasteiger charge is 2.12. The van der Waals surface area contributed by atoms with Gasteiger partial charge in [-0.15, -0.1) is 0 Å². The van der Waals surface area contributed by atoms with Gasteiger partial charge in [0.15, 0.2) is 0 Å². The Hall–Kier alpha value is -1.81. The number of nitrogens with zero attached hydrogens (tertiary/aromatic N) is 1. The van der Waals surface area contributed by atoms with Gasteiger partial charge in [-0.25, -0.2) is 4.98 Å². The van der Waals surface area contributed by atoms with E-state index in [1.165, 1.54) is 7.11 Å². The molecule has 1 aromatic heterocycles. The minimum Gasteiger partial charge on any atom is -0.496 e. The van der Waals surface area contributed by atoms with Crippen LogP contribution < -0.4 is 10.1 Å². The molecule has 2 rings (SSSR count). The van der Waals surface area contributed by atoms with E-state index in [4.69, 9.17) is 16.3 Å². The second kappa shape index (κ2) is 4.59. The van der Waals surface area contributed by atoms with Crippen LogP contribution in [0.2, 0.25) is 5.15 Å². The van der Waals surface area contributed by atoms with Crippen LogP contribution in [0.5, 0.6) is 5.75 Å². The summed E-state index contributed by atoms with van der Waals surface area (Å²) in [7, 11) is 3.09. The zero-order valence-electron chi connectivity index (χ0n) is 9.45. The lowest BCUT2D eigenvalue weighted by Gasteiger charge is -2.08. The molecular formula is C12H11ClN2O2. The summed E-state index contributed by atoms with van der Waals surface area (Å²) < 4.78 is 5.19. The Balaban J connectivity index is 2.69. The van der Waals surface area contributed by atoms with Gasteiger partial charge in [-0.05, 0) is 24.3 Å². The lowest BCUT2D eigenvalue weighted by atomic mass is 10.1. The van der Waals surface area contributed by atoms with Crippen molar-refractivity contribution >= 4 is 28.4 Å². The number of fused-ring (bicyclic) bond motifs is 1. The highest BCUT2D eigenvalue weighted by Crippen LogP contribution is 2.25. The molecule has 2 aromatic rings. The number of rotatable bonds is 2. The molecular weight excluding hydrogens is 240 g/mol. The Morgan fingerprint density at radius 3 is 2.82 bits per heavy atom. The topological polar surface area (TPSA) is 51.2 Å². The van der Waals surface area contributed by atoms with E-state index in [9.17, 15) is 4.79 Å². The standard InChI is InChI=1S/C12H11ClN2O2/c1-14-12(16)8-6-9-7(5-10(8)17-2)3-4-11(13)15-9/h3-6H,1-2H3,(H,14,16). The van der Waals surface area contributed by atoms with Crippen LogP contribution in [0.1, 0.15) is 10.4 Å². The quantitative estimate of drug-likeness (QED) is 0.832. The Morgan fingerprint density at radius 2 is 2.18 bits per heavy atom. The number of ether oxygens (including phenoxy) is 1. The molecule has 0 saturated carbocycles. The van der Waals surface area contributed by atoms with Crippen LogP contribution in [0.4, 0.5) is 0 Å². The van der Waals surface area contributed by atoms with Crippen molar-refractivity contribution in [2.75, 3.05) is 14.2 Å². The zero-order chi connectivity index (χ0) is 12.4. The molecule has 0 saturated heterocycles. The molecule has 1 aromatic carbocycles. The molecule has 0 unspecified atom stereocenters. The van der Waals surface area contributed by atoms with Crippen molar-refractivity contribution < 1.29 is 9.53 Å². The monoisotopic (exact) mass is 250 g/mol. The van der Waals surface area contributed by atoms with Gasteiger partial charge in [-0.1, -0.05) is 11.6 Å². The van der Waals surface area contributed by atoms with Crippen LogP contribution in [0.3, 0.4) is 0 Å². The van der Waals surface area contributed by atoms with Crippen LogP contribution in [0.25, 0.3) is 10.9 Å². The van der Waals surface area contributed by atoms with Gasteiger partial charge in [0, 0.05) is 12.4 Å². The van der Waals surface area contributed by atoms with Crippen molar-refractivity contribution in [2.24, 2.45) is 0 Å². The molecule has 1 amide bonds. The Kier molecular flexibility index (Phi) is 3.15. The summed E-state index contributed by atoms with van der Waals surface area (Å²) in [6.45, 7) is 0. The first-order valence-corrected chi connectivity index (χ1v) is 5.40. The van der Waals surface area contributed by atoms with Gasteiger partial charge >= 0.3 is 0 Å². The average molecular weight is 251 g/mol. The number of carbonyl (C=O) groups excluding carboxylic acids is 1. The molecule has 0 aliphatic carbocycles. The molecule has 0 radical (unpaired) electrons. The van der Waals surface area contributed by atoms with Crippen molar-refractivity contribution in [3.05, 3.63) is 35.0 Å². The summed E-state index contributed by atoms with van der Waals surface area (Å²) in [4.78, 5) is 15.8. The van der Waals surface area contributed by atoms with E-state index >= 15 is 0 Å². The van der Waals surface area contributed by atoms with Gasteiger partial charge in [-0.2, -0.15) is 0 Å². The predicted octanol–water partition coefficient (Wildman–Crippen LogP) is 2.26. The number of pyridine rings is 1. The van der Waals surface area contributed by atoms with Crippen molar-refractivity contribution in [1.82, 2.24) is 10.3 Å². The molecule has 0 aliphatic rings. The number of carbonyl (C=O) groups is 1. The van der Waals surface area contributed by atoms with E-state index in [1.54, 1.807) is 25.2 Å². The maximum absolute atomic E-state index is 11.7. The first-order valence-electron chi connectivity index (χ1n) is 5.02. The van der Waals surface area contributed by atoms with E-state index in [-0.39, 0.29) is 5.91 Å². The van der Waals surface area contributed by atoms with E-state index < -0.39 is 0 Å². The number of halogens is 1. The third-order valence-corrected chi connectivity index (χ3v) is 2.66. The molecule has 0 spiro atoms. The maximum atomic E-state index is 11.7. The molecule has 0 bridgehead atoms. The third kappa shape index (κ3) is 2.17. The van der Waals surface area contributed by atoms with Crippen LogP contribution >= 0.6 is 11.6 Å². The number of nitrogens with one attached hydrogen (secondary N) is 1. The van der Waals surface area contributed by atoms with Gasteiger partial charge in [-0.3, -0.25) is 4.79 Å². The smallest absolute Gasteiger partial charge is 0.254 e. The fraction of sp³-hybridized carbons (Fsp3) is 0.167. The van der Waals surface area contributed by atoms with Crippen LogP contribution in [0.15, 0.2) is 24.3 Å². The first kappa shape index (κ1) is 11.7. The SMILES string of the molecule is CNC(=O)c1cc2nc(Cl)ccc2cc1OC. The van der Waals surface area contributed by atoms with Crippen LogP contribution in [0, 0.1) is 0 Å². The first-order chi connectivity index (χ1) is 8.15. The van der Waals surface area contributed by atoms with Crippen LogP contribution in [-0.2, 0) is 0 Å². The lowest BCUT2D eigenvalue weighted by Crippen LogP contribution is -2.18. The molecule has 1 N–H and O–H groups in total. The third-order valence-electron chi connectivity index (χ3n) is 2.45. The highest BCUT2D eigenvalue weighted by atomic mass is 35.5. The van der Waals surface area contributed by atoms with E-state index in [0.29, 0.717) is 22.0 Å². The zero-order valence-corrected chi connectivity index (χ0v) is 10.2. The fourth-order valence-corrected chi connectivity index (χ4v) is 1.76. The molecule has 5 heteroatoms. The van der Waals surface area contributed by atoms with Crippen molar-refractivity contribution in [3.8, 4) is 5.75 Å². The predicted molar refractivity (Wildman–Crippen MR) is 66.7 cm³/mol. The van der Waals surface area contributed by atoms with Crippen molar-refractivity contribution in [3.63, 3.8) is 0 Å². The summed E-state index contributed by atoms with van der Waals surface area (Å²) >= 11 is 5.82. The number of hydrogen-bond donors (Lipinski definition) is 1. The van der Waals surface area contributed by atoms with Gasteiger partial charge in [0.25, 0.3) is 5.91 Å². The Morgan fingerprint density at radius 1 is 1.41 bits per heavy atom. The highest BCUT2D eigenvalue weighted by molar-refractivity contribution is 6.29. The number of amides is 1. The second-order valence-corrected chi connectivity index (χ2v) is 3.85. The minimum atomic E-state index is -0.217. The van der Waals surface area contributed by atoms with E-state index in [0.717, 1.165) is 5.39 Å². The van der Waals surface area contributed by atoms with Crippen LogP contribution in [-0.4, -0.2) is 25.0 Å². The summed E-state index contributed by atoms with van der Waals surface area (Å²) in [5, 5.41) is 3.82. The molecule has 0 aliphatic heterocycles. The number of aromatic nitrogens is 1. The fourth-order valence-electron chi connectivity index (χ4n) is 1.61. The summed E-state index contributed by atoms with van der Waals surface area (Å²) in [5.41, 5.74) is 1.11. The second-order valence-electron chi connectivity index (χ2n) is 3.46. The van der Waals surface area contributed by atoms with Gasteiger partial charge < -0.3 is 10.1 Å². The summed E-state index contributed by atoms with van der Waals surface area (Å²) in [6.07, 6.45) is 0. The van der Waals surface area contributed by atoms with E-state index in [1.807, 2.05) is 6.07 Å². The number of methoxy groups -OCH3 is 1. The largest absolute Gasteiger partial charge is 0.496 e. The minimum absolute atomic E-state index is 0.217. The summed E-state index contributed by atoms with van der Waals surface area (Å²) in [6, 6.07) is 6.96. The molecule has 17 heavy (non-hydrogen) atoms. The normalized spacial score (nSPS) is 10.3. The number of hydrogen-bond acceptors (Lipinski definition) is 3. The van der Waals surface area contributed by atoms with Gasteiger partial charge in [0.05, 0.1) is 18.2 Å². The lowest BCUT2D eigenvalue weighted by molar-refractivity contribution is 0.0960. The number of benzene rings is 1. The van der Waals surface area contributed by atoms with Gasteiger partial charge in [0.1, 0.15) is 10.9 Å². The molecule has 0 fully saturated rings. The molecule has 1 heterocycles. The average Bonchev–Trinajstić information content (AvgIpc) is 2.36. The summed E-state index contributed by atoms with van der Waals surface area (Å²) in [5.74, 6) is 0.298. The van der Waals surface area contributed by atoms with Gasteiger partial charge in [0.2, 0.25) is 0 Å². The Labute approximate surface area is 104 Å². The maximum Gasteiger partial charge on any atom is 0.254 e.